The molecule has 0 aliphatic rings. The number of ether oxygens (including phenoxy) is 1. The molecule has 0 bridgehead atoms. The van der Waals surface area contributed by atoms with Crippen molar-refractivity contribution in [1.29, 1.82) is 0 Å². The van der Waals surface area contributed by atoms with Crippen molar-refractivity contribution in [3.8, 4) is 0 Å². The van der Waals surface area contributed by atoms with Crippen LogP contribution in [0.15, 0.2) is 29.2 Å². The van der Waals surface area contributed by atoms with Gasteiger partial charge in [0.25, 0.3) is 0 Å². The number of hydrogen-bond acceptors (Lipinski definition) is 5. The first kappa shape index (κ1) is 14.6. The van der Waals surface area contributed by atoms with E-state index in [2.05, 4.69) is 9.46 Å². The van der Waals surface area contributed by atoms with Crippen LogP contribution in [0.4, 0.5) is 0 Å². The first-order valence-electron chi connectivity index (χ1n) is 5.23. The summed E-state index contributed by atoms with van der Waals surface area (Å²) in [6.45, 7) is 1.18. The maximum absolute atomic E-state index is 12.0. The normalized spacial score (nSPS) is 13.1. The summed E-state index contributed by atoms with van der Waals surface area (Å²) >= 11 is 0. The van der Waals surface area contributed by atoms with Crippen molar-refractivity contribution >= 4 is 16.0 Å². The minimum absolute atomic E-state index is 0.0439. The summed E-state index contributed by atoms with van der Waals surface area (Å²) in [6, 6.07) is 5.08. The van der Waals surface area contributed by atoms with E-state index in [1.54, 1.807) is 6.07 Å². The molecule has 2 N–H and O–H groups in total. The Morgan fingerprint density at radius 2 is 2.06 bits per heavy atom. The number of carbonyl (C=O) groups is 1. The minimum Gasteiger partial charge on any atom is -0.465 e. The van der Waals surface area contributed by atoms with E-state index in [9.17, 15) is 13.2 Å². The predicted octanol–water partition coefficient (Wildman–Crippen LogP) is 0.132. The van der Waals surface area contributed by atoms with Gasteiger partial charge in [0, 0.05) is 6.04 Å². The fourth-order valence-corrected chi connectivity index (χ4v) is 2.78. The lowest BCUT2D eigenvalue weighted by Crippen LogP contribution is -2.35. The van der Waals surface area contributed by atoms with Gasteiger partial charge in [-0.25, -0.2) is 17.9 Å². The maximum Gasteiger partial charge on any atom is 0.339 e. The lowest BCUT2D eigenvalue weighted by molar-refractivity contribution is 0.0596. The lowest BCUT2D eigenvalue weighted by atomic mass is 10.2. The first-order chi connectivity index (χ1) is 8.42. The molecule has 0 aliphatic heterocycles. The molecular weight excluding hydrogens is 258 g/mol. The summed E-state index contributed by atoms with van der Waals surface area (Å²) in [5, 5.41) is 8.85. The van der Waals surface area contributed by atoms with E-state index in [-0.39, 0.29) is 17.1 Å². The number of esters is 1. The number of methoxy groups -OCH3 is 1. The van der Waals surface area contributed by atoms with Gasteiger partial charge in [-0.3, -0.25) is 0 Å². The van der Waals surface area contributed by atoms with Crippen molar-refractivity contribution in [2.24, 2.45) is 0 Å². The lowest BCUT2D eigenvalue weighted by Gasteiger charge is -2.13. The minimum atomic E-state index is -3.87. The number of benzene rings is 1. The van der Waals surface area contributed by atoms with Crippen LogP contribution in [0.3, 0.4) is 0 Å². The molecular formula is C11H15NO5S. The fourth-order valence-electron chi connectivity index (χ4n) is 1.35. The third-order valence-corrected chi connectivity index (χ3v) is 3.86. The quantitative estimate of drug-likeness (QED) is 0.744. The second kappa shape index (κ2) is 5.94. The third-order valence-electron chi connectivity index (χ3n) is 2.21. The number of hydrogen-bond donors (Lipinski definition) is 2. The fraction of sp³-hybridized carbons (Fsp3) is 0.364. The molecule has 0 fully saturated rings. The van der Waals surface area contributed by atoms with E-state index in [1.807, 2.05) is 0 Å². The number of aliphatic hydroxyl groups excluding tert-OH is 1. The molecule has 0 aromatic heterocycles. The van der Waals surface area contributed by atoms with Crippen LogP contribution in [0.5, 0.6) is 0 Å². The molecule has 0 spiro atoms. The summed E-state index contributed by atoms with van der Waals surface area (Å²) in [7, 11) is -2.69. The molecule has 7 heteroatoms. The summed E-state index contributed by atoms with van der Waals surface area (Å²) in [5.41, 5.74) is -0.0439. The van der Waals surface area contributed by atoms with Gasteiger partial charge in [-0.2, -0.15) is 0 Å². The van der Waals surface area contributed by atoms with Gasteiger partial charge in [0.05, 0.1) is 24.2 Å². The Kier molecular flexibility index (Phi) is 4.83. The number of nitrogens with one attached hydrogen (secondary N) is 1. The second-order valence-corrected chi connectivity index (χ2v) is 5.38. The van der Waals surface area contributed by atoms with Gasteiger partial charge >= 0.3 is 5.97 Å². The summed E-state index contributed by atoms with van der Waals surface area (Å²) in [5.74, 6) is -0.729. The number of carbonyl (C=O) groups excluding carboxylic acids is 1. The Labute approximate surface area is 106 Å². The van der Waals surface area contributed by atoms with Crippen LogP contribution < -0.4 is 4.72 Å². The van der Waals surface area contributed by atoms with Crippen LogP contribution in [0, 0.1) is 0 Å². The van der Waals surface area contributed by atoms with E-state index >= 15 is 0 Å². The van der Waals surface area contributed by atoms with Gasteiger partial charge in [-0.1, -0.05) is 12.1 Å². The Morgan fingerprint density at radius 1 is 1.44 bits per heavy atom. The van der Waals surface area contributed by atoms with Gasteiger partial charge in [0.2, 0.25) is 10.0 Å². The van der Waals surface area contributed by atoms with Crippen molar-refractivity contribution < 1.29 is 23.1 Å². The average molecular weight is 273 g/mol. The topological polar surface area (TPSA) is 92.7 Å². The van der Waals surface area contributed by atoms with Crippen molar-refractivity contribution in [1.82, 2.24) is 4.72 Å². The van der Waals surface area contributed by atoms with Gasteiger partial charge in [0.1, 0.15) is 0 Å². The molecule has 0 radical (unpaired) electrons. The smallest absolute Gasteiger partial charge is 0.339 e. The summed E-state index contributed by atoms with van der Waals surface area (Å²) < 4.78 is 30.8. The second-order valence-electron chi connectivity index (χ2n) is 3.69. The van der Waals surface area contributed by atoms with Crippen LogP contribution in [0.2, 0.25) is 0 Å². The van der Waals surface area contributed by atoms with E-state index in [0.717, 1.165) is 0 Å². The molecule has 1 aromatic rings. The van der Waals surface area contributed by atoms with Crippen LogP contribution in [-0.2, 0) is 14.8 Å². The van der Waals surface area contributed by atoms with E-state index in [1.165, 1.54) is 32.2 Å². The highest BCUT2D eigenvalue weighted by Gasteiger charge is 2.23. The summed E-state index contributed by atoms with van der Waals surface area (Å²) in [6.07, 6.45) is 0. The molecule has 6 nitrogen and oxygen atoms in total. The monoisotopic (exact) mass is 273 g/mol. The molecule has 0 saturated carbocycles. The highest BCUT2D eigenvalue weighted by molar-refractivity contribution is 7.89. The highest BCUT2D eigenvalue weighted by Crippen LogP contribution is 2.16. The molecule has 0 saturated heterocycles. The van der Waals surface area contributed by atoms with Crippen LogP contribution in [-0.4, -0.2) is 39.3 Å². The van der Waals surface area contributed by atoms with Gasteiger partial charge in [-0.15, -0.1) is 0 Å². The zero-order chi connectivity index (χ0) is 13.8. The molecule has 0 unspecified atom stereocenters. The Balaban J connectivity index is 3.20. The molecule has 0 amide bonds. The zero-order valence-electron chi connectivity index (χ0n) is 10.1. The standard InChI is InChI=1S/C11H15NO5S/c1-8(7-13)12-18(15,16)10-6-4-3-5-9(10)11(14)17-2/h3-6,8,12-13H,7H2,1-2H3/t8-/m0/s1. The van der Waals surface area contributed by atoms with Crippen molar-refractivity contribution in [3.05, 3.63) is 29.8 Å². The van der Waals surface area contributed by atoms with Gasteiger partial charge in [-0.05, 0) is 19.1 Å². The van der Waals surface area contributed by atoms with Crippen LogP contribution in [0.25, 0.3) is 0 Å². The number of sulfonamides is 1. The van der Waals surface area contributed by atoms with Crippen LogP contribution in [0.1, 0.15) is 17.3 Å². The third kappa shape index (κ3) is 3.28. The Morgan fingerprint density at radius 3 is 2.61 bits per heavy atom. The molecule has 0 aliphatic carbocycles. The summed E-state index contributed by atoms with van der Waals surface area (Å²) in [4.78, 5) is 11.3. The molecule has 1 aromatic carbocycles. The maximum atomic E-state index is 12.0. The molecule has 1 rings (SSSR count). The zero-order valence-corrected chi connectivity index (χ0v) is 10.9. The number of rotatable bonds is 5. The highest BCUT2D eigenvalue weighted by atomic mass is 32.2. The van der Waals surface area contributed by atoms with E-state index in [0.29, 0.717) is 0 Å². The van der Waals surface area contributed by atoms with Crippen LogP contribution >= 0.6 is 0 Å². The SMILES string of the molecule is COC(=O)c1ccccc1S(=O)(=O)N[C@@H](C)CO. The van der Waals surface area contributed by atoms with Gasteiger partial charge < -0.3 is 9.84 Å². The Hall–Kier alpha value is -1.44. The number of aliphatic hydroxyl groups is 1. The first-order valence-corrected chi connectivity index (χ1v) is 6.71. The molecule has 100 valence electrons. The van der Waals surface area contributed by atoms with Crippen molar-refractivity contribution in [3.63, 3.8) is 0 Å². The molecule has 0 heterocycles. The predicted molar refractivity (Wildman–Crippen MR) is 64.7 cm³/mol. The Bertz CT molecular complexity index is 526. The average Bonchev–Trinajstić information content (AvgIpc) is 2.37. The van der Waals surface area contributed by atoms with E-state index < -0.39 is 22.0 Å². The largest absolute Gasteiger partial charge is 0.465 e. The van der Waals surface area contributed by atoms with E-state index in [4.69, 9.17) is 5.11 Å². The molecule has 18 heavy (non-hydrogen) atoms. The van der Waals surface area contributed by atoms with Crippen molar-refractivity contribution in [2.45, 2.75) is 17.9 Å². The molecule has 1 atom stereocenters. The van der Waals surface area contributed by atoms with Crippen molar-refractivity contribution in [2.75, 3.05) is 13.7 Å². The van der Waals surface area contributed by atoms with Gasteiger partial charge in [0.15, 0.2) is 0 Å².